The number of nitrogens with zero attached hydrogens (tertiary/aromatic N) is 2. The van der Waals surface area contributed by atoms with Crippen molar-refractivity contribution in [2.24, 2.45) is 5.73 Å². The van der Waals surface area contributed by atoms with E-state index >= 15 is 0 Å². The van der Waals surface area contributed by atoms with Gasteiger partial charge in [-0.1, -0.05) is 0 Å². The van der Waals surface area contributed by atoms with Crippen molar-refractivity contribution in [2.45, 2.75) is 44.8 Å². The van der Waals surface area contributed by atoms with Crippen molar-refractivity contribution in [3.63, 3.8) is 0 Å². The van der Waals surface area contributed by atoms with Crippen LogP contribution >= 0.6 is 0 Å². The van der Waals surface area contributed by atoms with Crippen LogP contribution in [-0.2, 0) is 20.9 Å². The van der Waals surface area contributed by atoms with Crippen LogP contribution in [0.1, 0.15) is 25.3 Å². The van der Waals surface area contributed by atoms with Crippen LogP contribution in [0.3, 0.4) is 0 Å². The van der Waals surface area contributed by atoms with Gasteiger partial charge in [0.2, 0.25) is 0 Å². The zero-order valence-electron chi connectivity index (χ0n) is 24.1. The summed E-state index contributed by atoms with van der Waals surface area (Å²) in [6, 6.07) is 11.4. The highest BCUT2D eigenvalue weighted by molar-refractivity contribution is 5.97. The third-order valence-corrected chi connectivity index (χ3v) is 6.03. The van der Waals surface area contributed by atoms with E-state index in [2.05, 4.69) is 0 Å². The van der Waals surface area contributed by atoms with Crippen molar-refractivity contribution in [2.75, 3.05) is 13.1 Å². The number of hydrogen-bond donors (Lipinski definition) is 5. The second-order valence-electron chi connectivity index (χ2n) is 9.49. The van der Waals surface area contributed by atoms with Crippen LogP contribution in [0, 0.1) is 10.8 Å². The molecule has 0 amide bonds. The molecule has 2 heterocycles. The quantitative estimate of drug-likeness (QED) is 0.0833. The highest BCUT2D eigenvalue weighted by atomic mass is 19.4. The Hall–Kier alpha value is -5.56. The summed E-state index contributed by atoms with van der Waals surface area (Å²) >= 11 is 0. The van der Waals surface area contributed by atoms with E-state index in [9.17, 15) is 35.9 Å². The minimum Gasteiger partial charge on any atom is -0.490 e. The summed E-state index contributed by atoms with van der Waals surface area (Å²) in [5.41, 5.74) is 6.57. The lowest BCUT2D eigenvalue weighted by molar-refractivity contribution is -0.193. The number of benzene rings is 2. The van der Waals surface area contributed by atoms with Crippen LogP contribution < -0.4 is 21.0 Å². The number of carbonyl (C=O) groups is 3. The fourth-order valence-corrected chi connectivity index (χ4v) is 3.76. The number of oxazole rings is 1. The van der Waals surface area contributed by atoms with E-state index in [1.807, 2.05) is 4.90 Å². The Morgan fingerprint density at radius 3 is 1.87 bits per heavy atom. The molecule has 1 aliphatic heterocycles. The Balaban J connectivity index is 0.000000459. The lowest BCUT2D eigenvalue weighted by Gasteiger charge is -2.32. The molecule has 20 heteroatoms. The molecule has 0 spiro atoms. The van der Waals surface area contributed by atoms with E-state index in [-0.39, 0.29) is 18.5 Å². The SMILES string of the molecule is CC(=N)N1CCC(Oc2ccc(OC(=O)Cn3c(=O)oc4ccc(C(=N)N)cc43)cc2)CC1.O=C(O)C(F)(F)F.O=C(O)C(F)(F)F. The lowest BCUT2D eigenvalue weighted by Crippen LogP contribution is -2.40. The number of hydrogen-bond acceptors (Lipinski definition) is 9. The molecule has 6 N–H and O–H groups in total. The number of carboxylic acids is 2. The smallest absolute Gasteiger partial charge is 0.490 e. The Morgan fingerprint density at radius 2 is 1.43 bits per heavy atom. The van der Waals surface area contributed by atoms with E-state index in [0.717, 1.165) is 30.5 Å². The molecular weight excluding hydrogens is 652 g/mol. The number of piperidine rings is 1. The van der Waals surface area contributed by atoms with Gasteiger partial charge in [0.1, 0.15) is 30.0 Å². The molecule has 4 rings (SSSR count). The molecule has 0 saturated carbocycles. The third-order valence-electron chi connectivity index (χ3n) is 6.03. The molecule has 0 bridgehead atoms. The molecule has 0 atom stereocenters. The van der Waals surface area contributed by atoms with Gasteiger partial charge in [-0.25, -0.2) is 19.2 Å². The summed E-state index contributed by atoms with van der Waals surface area (Å²) in [7, 11) is 0. The third kappa shape index (κ3) is 11.7. The number of aromatic nitrogens is 1. The van der Waals surface area contributed by atoms with Gasteiger partial charge < -0.3 is 34.7 Å². The number of halogens is 6. The monoisotopic (exact) mass is 679 g/mol. The summed E-state index contributed by atoms with van der Waals surface area (Å²) in [4.78, 5) is 44.4. The van der Waals surface area contributed by atoms with E-state index < -0.39 is 36.0 Å². The number of alkyl halides is 6. The minimum atomic E-state index is -5.08. The van der Waals surface area contributed by atoms with Gasteiger partial charge in [0.25, 0.3) is 0 Å². The lowest BCUT2D eigenvalue weighted by atomic mass is 10.1. The van der Waals surface area contributed by atoms with Gasteiger partial charge in [0.05, 0.1) is 11.4 Å². The average Bonchev–Trinajstić information content (AvgIpc) is 3.27. The number of ether oxygens (including phenoxy) is 2. The summed E-state index contributed by atoms with van der Waals surface area (Å²) in [6.45, 7) is 3.03. The maximum absolute atomic E-state index is 12.4. The highest BCUT2D eigenvalue weighted by Crippen LogP contribution is 2.23. The predicted octanol–water partition coefficient (Wildman–Crippen LogP) is 3.59. The van der Waals surface area contributed by atoms with E-state index in [1.165, 1.54) is 12.1 Å². The summed E-state index contributed by atoms with van der Waals surface area (Å²) < 4.78 is 81.1. The topological polar surface area (TPSA) is 222 Å². The average molecular weight is 680 g/mol. The number of fused-ring (bicyclic) bond motifs is 1. The summed E-state index contributed by atoms with van der Waals surface area (Å²) in [5.74, 6) is -5.44. The zero-order valence-corrected chi connectivity index (χ0v) is 24.1. The van der Waals surface area contributed by atoms with Crippen molar-refractivity contribution in [3.8, 4) is 11.5 Å². The number of rotatable bonds is 6. The van der Waals surface area contributed by atoms with Crippen molar-refractivity contribution < 1.29 is 64.8 Å². The first-order chi connectivity index (χ1) is 21.7. The molecule has 2 aromatic carbocycles. The first-order valence-corrected chi connectivity index (χ1v) is 13.0. The molecule has 1 aliphatic rings. The van der Waals surface area contributed by atoms with Gasteiger partial charge in [0.15, 0.2) is 5.58 Å². The van der Waals surface area contributed by atoms with Crippen molar-refractivity contribution in [1.29, 1.82) is 10.8 Å². The second-order valence-corrected chi connectivity index (χ2v) is 9.49. The minimum absolute atomic E-state index is 0.0788. The Morgan fingerprint density at radius 1 is 0.936 bits per heavy atom. The molecule has 47 heavy (non-hydrogen) atoms. The maximum Gasteiger partial charge on any atom is 0.490 e. The van der Waals surface area contributed by atoms with Gasteiger partial charge in [0, 0.05) is 31.5 Å². The number of esters is 1. The maximum atomic E-state index is 12.4. The van der Waals surface area contributed by atoms with Gasteiger partial charge in [-0.3, -0.25) is 15.4 Å². The van der Waals surface area contributed by atoms with Gasteiger partial charge >= 0.3 is 36.0 Å². The van der Waals surface area contributed by atoms with Crippen molar-refractivity contribution in [1.82, 2.24) is 9.47 Å². The normalized spacial score (nSPS) is 13.4. The Labute approximate surface area is 259 Å². The molecule has 1 saturated heterocycles. The number of nitrogen functional groups attached to an aromatic ring is 1. The standard InChI is InChI=1S/C23H25N5O5.2C2HF3O2/c1-14(24)27-10-8-18(9-11-27)31-16-3-5-17(6-4-16)32-21(29)13-28-19-12-15(22(25)26)2-7-20(19)33-23(28)30;2*3-2(4,5)1(6)7/h2-7,12,18,24H,8-11,13H2,1H3,(H3,25,26);2*(H,6,7). The number of likely N-dealkylation sites (tertiary alicyclic amines) is 1. The van der Waals surface area contributed by atoms with Crippen LogP contribution in [0.5, 0.6) is 11.5 Å². The number of nitrogens with two attached hydrogens (primary N) is 1. The fraction of sp³-hybridized carbons (Fsp3) is 0.333. The van der Waals surface area contributed by atoms with Gasteiger partial charge in [-0.05, 0) is 49.4 Å². The Kier molecular flexibility index (Phi) is 12.5. The molecule has 0 unspecified atom stereocenters. The van der Waals surface area contributed by atoms with E-state index in [1.54, 1.807) is 37.3 Å². The fourth-order valence-electron chi connectivity index (χ4n) is 3.76. The van der Waals surface area contributed by atoms with E-state index in [4.69, 9.17) is 50.2 Å². The second kappa shape index (κ2) is 15.6. The number of nitrogens with one attached hydrogen (secondary N) is 2. The van der Waals surface area contributed by atoms with Crippen LogP contribution in [0.4, 0.5) is 26.3 Å². The number of carbonyl (C=O) groups excluding carboxylic acids is 1. The van der Waals surface area contributed by atoms with Crippen molar-refractivity contribution >= 4 is 40.7 Å². The molecule has 0 radical (unpaired) electrons. The van der Waals surface area contributed by atoms with Crippen LogP contribution in [0.15, 0.2) is 51.7 Å². The molecule has 3 aromatic rings. The summed E-state index contributed by atoms with van der Waals surface area (Å²) in [5, 5.41) is 29.5. The number of aliphatic carboxylic acids is 2. The molecular formula is C27H27F6N5O9. The van der Waals surface area contributed by atoms with Gasteiger partial charge in [-0.15, -0.1) is 0 Å². The molecule has 1 fully saturated rings. The van der Waals surface area contributed by atoms with Crippen LogP contribution in [0.2, 0.25) is 0 Å². The van der Waals surface area contributed by atoms with E-state index in [0.29, 0.717) is 34.0 Å². The van der Waals surface area contributed by atoms with Crippen LogP contribution in [0.25, 0.3) is 11.1 Å². The largest absolute Gasteiger partial charge is 0.490 e. The highest BCUT2D eigenvalue weighted by Gasteiger charge is 2.38. The number of carboxylic acid groups (broad SMARTS) is 2. The van der Waals surface area contributed by atoms with Crippen molar-refractivity contribution in [3.05, 3.63) is 58.6 Å². The molecule has 1 aromatic heterocycles. The first kappa shape index (κ1) is 37.6. The molecule has 14 nitrogen and oxygen atoms in total. The van der Waals surface area contributed by atoms with Gasteiger partial charge in [-0.2, -0.15) is 26.3 Å². The Bertz CT molecular complexity index is 1630. The molecule has 0 aliphatic carbocycles. The number of amidine groups is 2. The first-order valence-electron chi connectivity index (χ1n) is 13.0. The molecule has 256 valence electrons. The predicted molar refractivity (Wildman–Crippen MR) is 150 cm³/mol. The zero-order chi connectivity index (χ0) is 35.7. The summed E-state index contributed by atoms with van der Waals surface area (Å²) in [6.07, 6.45) is -8.41. The van der Waals surface area contributed by atoms with Crippen LogP contribution in [-0.4, -0.2) is 80.8 Å².